The van der Waals surface area contributed by atoms with Crippen LogP contribution in [0.1, 0.15) is 5.56 Å². The van der Waals surface area contributed by atoms with Gasteiger partial charge in [0.05, 0.1) is 13.0 Å². The lowest BCUT2D eigenvalue weighted by atomic mass is 10.00. The zero-order valence-electron chi connectivity index (χ0n) is 9.72. The largest absolute Gasteiger partial charge is 0.496 e. The van der Waals surface area contributed by atoms with E-state index < -0.39 is 0 Å². The van der Waals surface area contributed by atoms with Gasteiger partial charge in [0, 0.05) is 11.6 Å². The first-order valence-electron chi connectivity index (χ1n) is 5.44. The van der Waals surface area contributed by atoms with E-state index in [2.05, 4.69) is 6.58 Å². The molecule has 1 aromatic rings. The van der Waals surface area contributed by atoms with E-state index in [0.717, 1.165) is 11.1 Å². The predicted octanol–water partition coefficient (Wildman–Crippen LogP) is 2.99. The molecule has 2 nitrogen and oxygen atoms in total. The van der Waals surface area contributed by atoms with Gasteiger partial charge in [0.1, 0.15) is 5.76 Å². The zero-order chi connectivity index (χ0) is 12.3. The Kier molecular flexibility index (Phi) is 3.24. The van der Waals surface area contributed by atoms with Gasteiger partial charge in [-0.15, -0.1) is 0 Å². The average molecular weight is 226 g/mol. The summed E-state index contributed by atoms with van der Waals surface area (Å²) in [5, 5.41) is 0. The molecule has 1 atom stereocenters. The van der Waals surface area contributed by atoms with Gasteiger partial charge >= 0.3 is 0 Å². The third-order valence-corrected chi connectivity index (χ3v) is 2.77. The highest BCUT2D eigenvalue weighted by atomic mass is 16.5. The molecular formula is C15H14O2. The maximum absolute atomic E-state index is 11.7. The Hall–Kier alpha value is -2.09. The van der Waals surface area contributed by atoms with Crippen LogP contribution >= 0.6 is 0 Å². The molecule has 0 fully saturated rings. The van der Waals surface area contributed by atoms with Crippen molar-refractivity contribution in [2.24, 2.45) is 5.92 Å². The number of methoxy groups -OCH3 is 1. The molecule has 1 aliphatic carbocycles. The summed E-state index contributed by atoms with van der Waals surface area (Å²) < 4.78 is 5.08. The maximum Gasteiger partial charge on any atom is 0.170 e. The first-order chi connectivity index (χ1) is 8.22. The SMILES string of the molecule is C=C1C(OC)=CC(=O)C1/C=C/c1ccccc1. The van der Waals surface area contributed by atoms with Crippen molar-refractivity contribution >= 4 is 11.9 Å². The molecule has 0 saturated heterocycles. The van der Waals surface area contributed by atoms with Gasteiger partial charge in [-0.2, -0.15) is 0 Å². The minimum Gasteiger partial charge on any atom is -0.496 e. The highest BCUT2D eigenvalue weighted by Crippen LogP contribution is 2.29. The number of allylic oxidation sites excluding steroid dienone is 3. The van der Waals surface area contributed by atoms with Crippen LogP contribution in [0, 0.1) is 5.92 Å². The summed E-state index contributed by atoms with van der Waals surface area (Å²) in [5.74, 6) is 0.321. The monoisotopic (exact) mass is 226 g/mol. The fraction of sp³-hybridized carbons (Fsp3) is 0.133. The Morgan fingerprint density at radius 1 is 1.29 bits per heavy atom. The summed E-state index contributed by atoms with van der Waals surface area (Å²) >= 11 is 0. The smallest absolute Gasteiger partial charge is 0.170 e. The quantitative estimate of drug-likeness (QED) is 0.792. The highest BCUT2D eigenvalue weighted by Gasteiger charge is 2.27. The van der Waals surface area contributed by atoms with Gasteiger partial charge in [-0.05, 0) is 5.56 Å². The van der Waals surface area contributed by atoms with Crippen LogP contribution in [0.2, 0.25) is 0 Å². The van der Waals surface area contributed by atoms with Gasteiger partial charge < -0.3 is 4.74 Å². The summed E-state index contributed by atoms with van der Waals surface area (Å²) in [7, 11) is 1.55. The summed E-state index contributed by atoms with van der Waals surface area (Å²) in [6.07, 6.45) is 5.30. The molecule has 86 valence electrons. The number of ketones is 1. The number of ether oxygens (including phenoxy) is 1. The molecule has 17 heavy (non-hydrogen) atoms. The molecule has 0 N–H and O–H groups in total. The number of benzene rings is 1. The van der Waals surface area contributed by atoms with Gasteiger partial charge in [0.15, 0.2) is 5.78 Å². The second-order valence-corrected chi connectivity index (χ2v) is 3.89. The van der Waals surface area contributed by atoms with E-state index in [1.165, 1.54) is 6.08 Å². The zero-order valence-corrected chi connectivity index (χ0v) is 9.72. The van der Waals surface area contributed by atoms with E-state index >= 15 is 0 Å². The van der Waals surface area contributed by atoms with Crippen LogP contribution in [0.5, 0.6) is 0 Å². The molecule has 0 spiro atoms. The van der Waals surface area contributed by atoms with Crippen LogP contribution in [-0.2, 0) is 9.53 Å². The molecular weight excluding hydrogens is 212 g/mol. The van der Waals surface area contributed by atoms with E-state index in [-0.39, 0.29) is 11.7 Å². The van der Waals surface area contributed by atoms with E-state index in [1.54, 1.807) is 7.11 Å². The Morgan fingerprint density at radius 2 is 2.00 bits per heavy atom. The van der Waals surface area contributed by atoms with Crippen molar-refractivity contribution in [2.75, 3.05) is 7.11 Å². The van der Waals surface area contributed by atoms with Crippen molar-refractivity contribution in [1.82, 2.24) is 0 Å². The van der Waals surface area contributed by atoms with Crippen molar-refractivity contribution in [3.05, 3.63) is 66.0 Å². The van der Waals surface area contributed by atoms with Crippen LogP contribution in [0.25, 0.3) is 6.08 Å². The Balaban J connectivity index is 2.14. The fourth-order valence-corrected chi connectivity index (χ4v) is 1.81. The van der Waals surface area contributed by atoms with Crippen molar-refractivity contribution in [2.45, 2.75) is 0 Å². The second kappa shape index (κ2) is 4.83. The lowest BCUT2D eigenvalue weighted by molar-refractivity contribution is -0.115. The van der Waals surface area contributed by atoms with Crippen molar-refractivity contribution < 1.29 is 9.53 Å². The topological polar surface area (TPSA) is 26.3 Å². The summed E-state index contributed by atoms with van der Waals surface area (Å²) in [6.45, 7) is 3.89. The predicted molar refractivity (Wildman–Crippen MR) is 68.2 cm³/mol. The molecule has 0 saturated carbocycles. The average Bonchev–Trinajstić information content (AvgIpc) is 2.63. The Morgan fingerprint density at radius 3 is 2.59 bits per heavy atom. The molecule has 0 aromatic heterocycles. The molecule has 0 radical (unpaired) electrons. The normalized spacial score (nSPS) is 19.8. The van der Waals surface area contributed by atoms with Gasteiger partial charge in [0.2, 0.25) is 0 Å². The summed E-state index contributed by atoms with van der Waals surface area (Å²) in [6, 6.07) is 9.86. The number of carbonyl (C=O) groups excluding carboxylic acids is 1. The number of hydrogen-bond donors (Lipinski definition) is 0. The number of carbonyl (C=O) groups is 1. The van der Waals surface area contributed by atoms with Crippen molar-refractivity contribution in [3.8, 4) is 0 Å². The van der Waals surface area contributed by atoms with Crippen LogP contribution in [0.15, 0.2) is 60.4 Å². The van der Waals surface area contributed by atoms with Gasteiger partial charge in [-0.1, -0.05) is 49.1 Å². The molecule has 1 aliphatic rings. The van der Waals surface area contributed by atoms with Crippen LogP contribution in [-0.4, -0.2) is 12.9 Å². The van der Waals surface area contributed by atoms with E-state index in [9.17, 15) is 4.79 Å². The number of rotatable bonds is 3. The van der Waals surface area contributed by atoms with Gasteiger partial charge in [-0.3, -0.25) is 4.79 Å². The molecule has 0 bridgehead atoms. The third kappa shape index (κ3) is 2.36. The van der Waals surface area contributed by atoms with Crippen LogP contribution in [0.3, 0.4) is 0 Å². The first-order valence-corrected chi connectivity index (χ1v) is 5.44. The lowest BCUT2D eigenvalue weighted by Crippen LogP contribution is -2.05. The minimum absolute atomic E-state index is 0.0269. The third-order valence-electron chi connectivity index (χ3n) is 2.77. The maximum atomic E-state index is 11.7. The lowest BCUT2D eigenvalue weighted by Gasteiger charge is -2.06. The summed E-state index contributed by atoms with van der Waals surface area (Å²) in [5.41, 5.74) is 1.80. The van der Waals surface area contributed by atoms with E-state index in [1.807, 2.05) is 42.5 Å². The van der Waals surface area contributed by atoms with E-state index in [4.69, 9.17) is 4.74 Å². The van der Waals surface area contributed by atoms with Crippen LogP contribution < -0.4 is 0 Å². The number of hydrogen-bond acceptors (Lipinski definition) is 2. The van der Waals surface area contributed by atoms with Crippen LogP contribution in [0.4, 0.5) is 0 Å². The summed E-state index contributed by atoms with van der Waals surface area (Å²) in [4.78, 5) is 11.7. The minimum atomic E-state index is -0.287. The Bertz CT molecular complexity index is 495. The molecule has 2 rings (SSSR count). The highest BCUT2D eigenvalue weighted by molar-refractivity contribution is 6.00. The van der Waals surface area contributed by atoms with Gasteiger partial charge in [0.25, 0.3) is 0 Å². The molecule has 2 heteroatoms. The molecule has 1 unspecified atom stereocenters. The first kappa shape index (κ1) is 11.4. The standard InChI is InChI=1S/C15H14O2/c1-11-13(14(16)10-15(11)17-2)9-8-12-6-4-3-5-7-12/h3-10,13H,1H2,2H3/b9-8+. The van der Waals surface area contributed by atoms with Gasteiger partial charge in [-0.25, -0.2) is 0 Å². The second-order valence-electron chi connectivity index (χ2n) is 3.89. The van der Waals surface area contributed by atoms with E-state index in [0.29, 0.717) is 5.76 Å². The Labute approximate surface area is 101 Å². The molecule has 0 amide bonds. The molecule has 0 aliphatic heterocycles. The van der Waals surface area contributed by atoms with Crippen molar-refractivity contribution in [3.63, 3.8) is 0 Å². The molecule has 1 aromatic carbocycles. The van der Waals surface area contributed by atoms with Crippen molar-refractivity contribution in [1.29, 1.82) is 0 Å². The fourth-order valence-electron chi connectivity index (χ4n) is 1.81. The molecule has 0 heterocycles.